The minimum absolute atomic E-state index is 0.0733. The van der Waals surface area contributed by atoms with Crippen molar-refractivity contribution in [2.24, 2.45) is 0 Å². The lowest BCUT2D eigenvalue weighted by molar-refractivity contribution is -0.167. The van der Waals surface area contributed by atoms with Gasteiger partial charge in [-0.05, 0) is 51.4 Å². The van der Waals surface area contributed by atoms with Crippen LogP contribution < -0.4 is 0 Å². The Morgan fingerprint density at radius 1 is 0.308 bits per heavy atom. The van der Waals surface area contributed by atoms with Gasteiger partial charge in [0, 0.05) is 19.3 Å². The molecule has 0 fully saturated rings. The van der Waals surface area contributed by atoms with E-state index in [2.05, 4.69) is 45.1 Å². The molecule has 0 rings (SSSR count). The highest BCUT2D eigenvalue weighted by molar-refractivity contribution is 5.71. The number of hydrogen-bond donors (Lipinski definition) is 0. The molecule has 0 aromatic carbocycles. The number of rotatable bonds is 53. The standard InChI is InChI=1S/C59H110O6/c1-4-7-10-13-15-17-19-21-23-25-26-27-28-29-30-31-32-33-34-36-37-39-41-43-46-49-52-58(61)64-55-56(54-63-57(60)51-48-45-12-9-6-3)65-59(62)53-50-47-44-42-40-38-35-24-22-20-18-16-14-11-8-5-2/h18,20,24,35,56H,4-17,19,21-23,25-34,36-55H2,1-3H3/b20-18-,35-24-. The van der Waals surface area contributed by atoms with E-state index >= 15 is 0 Å². The van der Waals surface area contributed by atoms with Gasteiger partial charge < -0.3 is 14.2 Å². The molecule has 0 aliphatic rings. The number of esters is 3. The van der Waals surface area contributed by atoms with Gasteiger partial charge in [-0.25, -0.2) is 0 Å². The summed E-state index contributed by atoms with van der Waals surface area (Å²) in [4.78, 5) is 37.7. The topological polar surface area (TPSA) is 78.9 Å². The van der Waals surface area contributed by atoms with Crippen LogP contribution in [0.2, 0.25) is 0 Å². The highest BCUT2D eigenvalue weighted by Crippen LogP contribution is 2.17. The molecule has 0 heterocycles. The first-order chi connectivity index (χ1) is 32.0. The average molecular weight is 916 g/mol. The summed E-state index contributed by atoms with van der Waals surface area (Å²) < 4.78 is 16.7. The fourth-order valence-electron chi connectivity index (χ4n) is 8.59. The third-order valence-corrected chi connectivity index (χ3v) is 13.0. The van der Waals surface area contributed by atoms with Crippen molar-refractivity contribution in [3.63, 3.8) is 0 Å². The number of unbranched alkanes of at least 4 members (excludes halogenated alkanes) is 38. The first-order valence-electron chi connectivity index (χ1n) is 28.8. The highest BCUT2D eigenvalue weighted by atomic mass is 16.6. The first kappa shape index (κ1) is 62.9. The Balaban J connectivity index is 4.00. The molecule has 0 spiro atoms. The number of ether oxygens (including phenoxy) is 3. The van der Waals surface area contributed by atoms with Crippen molar-refractivity contribution in [2.45, 2.75) is 322 Å². The third kappa shape index (κ3) is 52.7. The molecule has 1 unspecified atom stereocenters. The van der Waals surface area contributed by atoms with Gasteiger partial charge in [-0.2, -0.15) is 0 Å². The Hall–Kier alpha value is -2.11. The maximum Gasteiger partial charge on any atom is 0.306 e. The number of hydrogen-bond acceptors (Lipinski definition) is 6. The zero-order chi connectivity index (χ0) is 47.2. The molecule has 6 nitrogen and oxygen atoms in total. The quantitative estimate of drug-likeness (QED) is 0.0262. The van der Waals surface area contributed by atoms with E-state index in [9.17, 15) is 14.4 Å². The first-order valence-corrected chi connectivity index (χ1v) is 28.8. The lowest BCUT2D eigenvalue weighted by Gasteiger charge is -2.18. The lowest BCUT2D eigenvalue weighted by atomic mass is 10.0. The van der Waals surface area contributed by atoms with Crippen LogP contribution in [0.15, 0.2) is 24.3 Å². The molecule has 6 heteroatoms. The molecule has 1 atom stereocenters. The molecular weight excluding hydrogens is 805 g/mol. The molecule has 0 aromatic heterocycles. The van der Waals surface area contributed by atoms with Crippen molar-refractivity contribution >= 4 is 17.9 Å². The SMILES string of the molecule is CCCCCC/C=C\C/C=C\CCCCCCCC(=O)OC(COC(=O)CCCCCCC)COC(=O)CCCCCCCCCCCCCCCCCCCCCCCCCCCC. The highest BCUT2D eigenvalue weighted by Gasteiger charge is 2.19. The molecule has 382 valence electrons. The summed E-state index contributed by atoms with van der Waals surface area (Å²) in [6, 6.07) is 0. The smallest absolute Gasteiger partial charge is 0.306 e. The van der Waals surface area contributed by atoms with Gasteiger partial charge in [0.1, 0.15) is 13.2 Å². The van der Waals surface area contributed by atoms with Gasteiger partial charge in [-0.15, -0.1) is 0 Å². The van der Waals surface area contributed by atoms with Gasteiger partial charge in [0.25, 0.3) is 0 Å². The van der Waals surface area contributed by atoms with Crippen LogP contribution >= 0.6 is 0 Å². The van der Waals surface area contributed by atoms with Crippen molar-refractivity contribution in [3.8, 4) is 0 Å². The number of carbonyl (C=O) groups is 3. The van der Waals surface area contributed by atoms with E-state index in [1.54, 1.807) is 0 Å². The maximum absolute atomic E-state index is 12.7. The normalized spacial score (nSPS) is 12.1. The summed E-state index contributed by atoms with van der Waals surface area (Å²) in [6.45, 7) is 6.57. The maximum atomic E-state index is 12.7. The van der Waals surface area contributed by atoms with Crippen LogP contribution in [0.5, 0.6) is 0 Å². The molecule has 0 amide bonds. The molecule has 0 aliphatic carbocycles. The minimum Gasteiger partial charge on any atom is -0.462 e. The van der Waals surface area contributed by atoms with Gasteiger partial charge >= 0.3 is 17.9 Å². The largest absolute Gasteiger partial charge is 0.462 e. The molecular formula is C59H110O6. The fraction of sp³-hybridized carbons (Fsp3) is 0.881. The summed E-state index contributed by atoms with van der Waals surface area (Å²) in [5.41, 5.74) is 0. The zero-order valence-corrected chi connectivity index (χ0v) is 43.8. The molecule has 0 aliphatic heterocycles. The van der Waals surface area contributed by atoms with E-state index in [-0.39, 0.29) is 31.1 Å². The van der Waals surface area contributed by atoms with Crippen LogP contribution in [-0.4, -0.2) is 37.2 Å². The van der Waals surface area contributed by atoms with E-state index in [0.29, 0.717) is 19.3 Å². The molecule has 0 aromatic rings. The molecule has 0 saturated heterocycles. The molecule has 65 heavy (non-hydrogen) atoms. The predicted octanol–water partition coefficient (Wildman–Crippen LogP) is 19.1. The Morgan fingerprint density at radius 2 is 0.554 bits per heavy atom. The molecule has 0 radical (unpaired) electrons. The number of carbonyl (C=O) groups excluding carboxylic acids is 3. The van der Waals surface area contributed by atoms with E-state index in [4.69, 9.17) is 14.2 Å². The van der Waals surface area contributed by atoms with Crippen molar-refractivity contribution < 1.29 is 28.6 Å². The second-order valence-corrected chi connectivity index (χ2v) is 19.6. The second-order valence-electron chi connectivity index (χ2n) is 19.6. The average Bonchev–Trinajstić information content (AvgIpc) is 3.30. The van der Waals surface area contributed by atoms with E-state index < -0.39 is 6.10 Å². The van der Waals surface area contributed by atoms with Crippen LogP contribution in [0.4, 0.5) is 0 Å². The predicted molar refractivity (Wildman–Crippen MR) is 279 cm³/mol. The van der Waals surface area contributed by atoms with Crippen LogP contribution in [0.25, 0.3) is 0 Å². The van der Waals surface area contributed by atoms with Gasteiger partial charge in [-0.1, -0.05) is 270 Å². The van der Waals surface area contributed by atoms with Crippen LogP contribution in [0.1, 0.15) is 316 Å². The monoisotopic (exact) mass is 915 g/mol. The summed E-state index contributed by atoms with van der Waals surface area (Å²) in [6.07, 6.45) is 63.7. The summed E-state index contributed by atoms with van der Waals surface area (Å²) in [7, 11) is 0. The molecule has 0 saturated carbocycles. The lowest BCUT2D eigenvalue weighted by Crippen LogP contribution is -2.30. The Kier molecular flexibility index (Phi) is 52.7. The van der Waals surface area contributed by atoms with Crippen molar-refractivity contribution in [1.29, 1.82) is 0 Å². The summed E-state index contributed by atoms with van der Waals surface area (Å²) in [5, 5.41) is 0. The van der Waals surface area contributed by atoms with Crippen LogP contribution in [-0.2, 0) is 28.6 Å². The van der Waals surface area contributed by atoms with Crippen LogP contribution in [0.3, 0.4) is 0 Å². The molecule has 0 N–H and O–H groups in total. The van der Waals surface area contributed by atoms with Gasteiger partial charge in [0.05, 0.1) is 0 Å². The zero-order valence-electron chi connectivity index (χ0n) is 43.8. The Bertz CT molecular complexity index is 1050. The number of allylic oxidation sites excluding steroid dienone is 4. The van der Waals surface area contributed by atoms with Crippen molar-refractivity contribution in [1.82, 2.24) is 0 Å². The minimum atomic E-state index is -0.771. The van der Waals surface area contributed by atoms with Crippen molar-refractivity contribution in [3.05, 3.63) is 24.3 Å². The Morgan fingerprint density at radius 3 is 0.862 bits per heavy atom. The van der Waals surface area contributed by atoms with Crippen molar-refractivity contribution in [2.75, 3.05) is 13.2 Å². The van der Waals surface area contributed by atoms with E-state index in [0.717, 1.165) is 83.5 Å². The molecule has 0 bridgehead atoms. The van der Waals surface area contributed by atoms with Gasteiger partial charge in [0.15, 0.2) is 6.10 Å². The Labute approximate surface area is 404 Å². The second kappa shape index (κ2) is 54.5. The summed E-state index contributed by atoms with van der Waals surface area (Å²) >= 11 is 0. The third-order valence-electron chi connectivity index (χ3n) is 13.0. The van der Waals surface area contributed by atoms with Crippen LogP contribution in [0, 0.1) is 0 Å². The fourth-order valence-corrected chi connectivity index (χ4v) is 8.59. The van der Waals surface area contributed by atoms with E-state index in [1.807, 2.05) is 0 Å². The van der Waals surface area contributed by atoms with Gasteiger partial charge in [-0.3, -0.25) is 14.4 Å². The van der Waals surface area contributed by atoms with Gasteiger partial charge in [0.2, 0.25) is 0 Å². The summed E-state index contributed by atoms with van der Waals surface area (Å²) in [5.74, 6) is -0.885. The van der Waals surface area contributed by atoms with E-state index in [1.165, 1.54) is 193 Å².